The number of esters is 1. The van der Waals surface area contributed by atoms with Gasteiger partial charge in [-0.1, -0.05) is 49.2 Å². The summed E-state index contributed by atoms with van der Waals surface area (Å²) in [6, 6.07) is 14.0. The fourth-order valence-corrected chi connectivity index (χ4v) is 3.84. The Morgan fingerprint density at radius 2 is 1.52 bits per heavy atom. The second kappa shape index (κ2) is 8.34. The standard InChI is InChI=1S/C22H22N2O5/c25-19(24-22(27)23-14-7-1-2-8-14)13-28-21(26)20-15-9-3-5-11-17(15)29-18-12-6-4-10-16(18)20/h3-6,9-12,14,20H,1-2,7-8,13H2,(H2,23,24,25,27). The van der Waals surface area contributed by atoms with E-state index in [0.717, 1.165) is 25.7 Å². The highest BCUT2D eigenvalue weighted by atomic mass is 16.5. The smallest absolute Gasteiger partial charge is 0.321 e. The van der Waals surface area contributed by atoms with Crippen LogP contribution in [0.5, 0.6) is 11.5 Å². The minimum atomic E-state index is -0.698. The zero-order valence-electron chi connectivity index (χ0n) is 15.9. The van der Waals surface area contributed by atoms with E-state index in [9.17, 15) is 14.4 Å². The van der Waals surface area contributed by atoms with Crippen molar-refractivity contribution in [1.29, 1.82) is 0 Å². The summed E-state index contributed by atoms with van der Waals surface area (Å²) in [5.74, 6) is -0.777. The molecule has 2 aromatic carbocycles. The fraction of sp³-hybridized carbons (Fsp3) is 0.318. The summed E-state index contributed by atoms with van der Waals surface area (Å²) in [5.41, 5.74) is 1.35. The van der Waals surface area contributed by atoms with Crippen LogP contribution in [0.4, 0.5) is 4.79 Å². The van der Waals surface area contributed by atoms with Gasteiger partial charge >= 0.3 is 12.0 Å². The molecular weight excluding hydrogens is 372 g/mol. The third kappa shape index (κ3) is 4.23. The summed E-state index contributed by atoms with van der Waals surface area (Å²) in [6.45, 7) is -0.529. The molecule has 0 unspecified atom stereocenters. The lowest BCUT2D eigenvalue weighted by Crippen LogP contribution is -2.45. The third-order valence-electron chi connectivity index (χ3n) is 5.20. The first-order chi connectivity index (χ1) is 14.1. The molecule has 1 heterocycles. The van der Waals surface area contributed by atoms with Crippen molar-refractivity contribution in [2.75, 3.05) is 6.61 Å². The first-order valence-corrected chi connectivity index (χ1v) is 9.74. The Bertz CT molecular complexity index is 891. The molecule has 0 spiro atoms. The van der Waals surface area contributed by atoms with Gasteiger partial charge in [-0.05, 0) is 25.0 Å². The number of benzene rings is 2. The van der Waals surface area contributed by atoms with Crippen LogP contribution in [0.3, 0.4) is 0 Å². The lowest BCUT2D eigenvalue weighted by atomic mass is 9.88. The van der Waals surface area contributed by atoms with Crippen LogP contribution in [0, 0.1) is 0 Å². The Morgan fingerprint density at radius 3 is 2.14 bits per heavy atom. The maximum Gasteiger partial charge on any atom is 0.321 e. The summed E-state index contributed by atoms with van der Waals surface area (Å²) in [5, 5.41) is 4.97. The molecule has 150 valence electrons. The van der Waals surface area contributed by atoms with Gasteiger partial charge in [0.25, 0.3) is 5.91 Å². The van der Waals surface area contributed by atoms with Gasteiger partial charge in [0.2, 0.25) is 0 Å². The van der Waals surface area contributed by atoms with E-state index in [4.69, 9.17) is 9.47 Å². The molecule has 0 aromatic heterocycles. The lowest BCUT2D eigenvalue weighted by molar-refractivity contribution is -0.149. The number of carbonyl (C=O) groups is 3. The van der Waals surface area contributed by atoms with Crippen LogP contribution in [-0.2, 0) is 14.3 Å². The Hall–Kier alpha value is -3.35. The number of imide groups is 1. The molecule has 1 fully saturated rings. The van der Waals surface area contributed by atoms with Crippen LogP contribution in [0.15, 0.2) is 48.5 Å². The number of amides is 3. The van der Waals surface area contributed by atoms with E-state index in [1.165, 1.54) is 0 Å². The van der Waals surface area contributed by atoms with Gasteiger partial charge in [-0.25, -0.2) is 4.79 Å². The quantitative estimate of drug-likeness (QED) is 0.777. The molecule has 1 aliphatic heterocycles. The number of fused-ring (bicyclic) bond motifs is 2. The average Bonchev–Trinajstić information content (AvgIpc) is 3.23. The topological polar surface area (TPSA) is 93.7 Å². The van der Waals surface area contributed by atoms with Crippen molar-refractivity contribution in [1.82, 2.24) is 10.6 Å². The number of carbonyl (C=O) groups excluding carboxylic acids is 3. The normalized spacial score (nSPS) is 15.6. The zero-order chi connectivity index (χ0) is 20.2. The SMILES string of the molecule is O=C(COC(=O)C1c2ccccc2Oc2ccccc21)NC(=O)NC1CCCC1. The molecule has 0 atom stereocenters. The van der Waals surface area contributed by atoms with E-state index in [0.29, 0.717) is 22.6 Å². The van der Waals surface area contributed by atoms with Crippen molar-refractivity contribution in [2.24, 2.45) is 0 Å². The molecule has 7 heteroatoms. The van der Waals surface area contributed by atoms with Crippen LogP contribution in [0.1, 0.15) is 42.7 Å². The zero-order valence-corrected chi connectivity index (χ0v) is 15.9. The van der Waals surface area contributed by atoms with Crippen LogP contribution >= 0.6 is 0 Å². The van der Waals surface area contributed by atoms with Gasteiger partial charge in [-0.15, -0.1) is 0 Å². The second-order valence-electron chi connectivity index (χ2n) is 7.22. The van der Waals surface area contributed by atoms with Gasteiger partial charge in [-0.3, -0.25) is 14.9 Å². The number of urea groups is 1. The molecule has 4 rings (SSSR count). The van der Waals surface area contributed by atoms with Gasteiger partial charge in [0, 0.05) is 17.2 Å². The molecule has 0 saturated heterocycles. The van der Waals surface area contributed by atoms with Crippen molar-refractivity contribution in [2.45, 2.75) is 37.6 Å². The first-order valence-electron chi connectivity index (χ1n) is 9.74. The highest BCUT2D eigenvalue weighted by Gasteiger charge is 2.34. The summed E-state index contributed by atoms with van der Waals surface area (Å²) in [7, 11) is 0. The molecule has 29 heavy (non-hydrogen) atoms. The number of para-hydroxylation sites is 2. The lowest BCUT2D eigenvalue weighted by Gasteiger charge is -2.26. The Morgan fingerprint density at radius 1 is 0.931 bits per heavy atom. The molecule has 1 aliphatic carbocycles. The van der Waals surface area contributed by atoms with Gasteiger partial charge in [0.15, 0.2) is 6.61 Å². The number of ether oxygens (including phenoxy) is 2. The Balaban J connectivity index is 1.39. The molecule has 2 aliphatic rings. The number of hydrogen-bond donors (Lipinski definition) is 2. The molecule has 1 saturated carbocycles. The van der Waals surface area contributed by atoms with Crippen LogP contribution in [0.25, 0.3) is 0 Å². The number of hydrogen-bond acceptors (Lipinski definition) is 5. The van der Waals surface area contributed by atoms with Crippen LogP contribution < -0.4 is 15.4 Å². The predicted octanol–water partition coefficient (Wildman–Crippen LogP) is 3.24. The highest BCUT2D eigenvalue weighted by molar-refractivity contribution is 5.96. The van der Waals surface area contributed by atoms with Gasteiger partial charge in [-0.2, -0.15) is 0 Å². The largest absolute Gasteiger partial charge is 0.457 e. The third-order valence-corrected chi connectivity index (χ3v) is 5.20. The predicted molar refractivity (Wildman–Crippen MR) is 105 cm³/mol. The monoisotopic (exact) mass is 394 g/mol. The maximum atomic E-state index is 12.8. The minimum Gasteiger partial charge on any atom is -0.457 e. The summed E-state index contributed by atoms with van der Waals surface area (Å²) in [4.78, 5) is 36.7. The van der Waals surface area contributed by atoms with Gasteiger partial charge < -0.3 is 14.8 Å². The van der Waals surface area contributed by atoms with E-state index in [-0.39, 0.29) is 6.04 Å². The van der Waals surface area contributed by atoms with Gasteiger partial charge in [0.1, 0.15) is 17.4 Å². The Kier molecular flexibility index (Phi) is 5.46. The van der Waals surface area contributed by atoms with E-state index in [2.05, 4.69) is 10.6 Å². The van der Waals surface area contributed by atoms with E-state index < -0.39 is 30.4 Å². The van der Waals surface area contributed by atoms with E-state index in [1.54, 1.807) is 24.3 Å². The molecule has 0 bridgehead atoms. The Labute approximate surface area is 168 Å². The summed E-state index contributed by atoms with van der Waals surface area (Å²) >= 11 is 0. The fourth-order valence-electron chi connectivity index (χ4n) is 3.84. The van der Waals surface area contributed by atoms with Gasteiger partial charge in [0.05, 0.1) is 0 Å². The second-order valence-corrected chi connectivity index (χ2v) is 7.22. The molecule has 7 nitrogen and oxygen atoms in total. The maximum absolute atomic E-state index is 12.8. The van der Waals surface area contributed by atoms with E-state index >= 15 is 0 Å². The van der Waals surface area contributed by atoms with Crippen molar-refractivity contribution >= 4 is 17.9 Å². The van der Waals surface area contributed by atoms with Crippen molar-refractivity contribution < 1.29 is 23.9 Å². The van der Waals surface area contributed by atoms with Crippen LogP contribution in [-0.4, -0.2) is 30.6 Å². The summed E-state index contributed by atoms with van der Waals surface area (Å²) in [6.07, 6.45) is 3.98. The average molecular weight is 394 g/mol. The molecule has 0 radical (unpaired) electrons. The van der Waals surface area contributed by atoms with E-state index in [1.807, 2.05) is 24.3 Å². The minimum absolute atomic E-state index is 0.0978. The van der Waals surface area contributed by atoms with Crippen molar-refractivity contribution in [3.8, 4) is 11.5 Å². The number of rotatable bonds is 4. The van der Waals surface area contributed by atoms with Crippen molar-refractivity contribution in [3.63, 3.8) is 0 Å². The van der Waals surface area contributed by atoms with Crippen molar-refractivity contribution in [3.05, 3.63) is 59.7 Å². The molecular formula is C22H22N2O5. The summed E-state index contributed by atoms with van der Waals surface area (Å²) < 4.78 is 11.1. The first kappa shape index (κ1) is 19.0. The van der Waals surface area contributed by atoms with Crippen LogP contribution in [0.2, 0.25) is 0 Å². The molecule has 2 aromatic rings. The highest BCUT2D eigenvalue weighted by Crippen LogP contribution is 2.44. The molecule has 2 N–H and O–H groups in total. The number of nitrogens with one attached hydrogen (secondary N) is 2. The molecule has 3 amide bonds.